The Kier molecular flexibility index (Phi) is 3.73. The Balaban J connectivity index is 1.75. The van der Waals surface area contributed by atoms with Crippen LogP contribution in [0.15, 0.2) is 41.5 Å². The lowest BCUT2D eigenvalue weighted by Gasteiger charge is -2.41. The van der Waals surface area contributed by atoms with E-state index in [9.17, 15) is 25.5 Å². The van der Waals surface area contributed by atoms with Gasteiger partial charge in [0.05, 0.1) is 22.9 Å². The normalized spacial score (nSPS) is 34.4. The van der Waals surface area contributed by atoms with Crippen LogP contribution >= 0.6 is 0 Å². The van der Waals surface area contributed by atoms with Gasteiger partial charge in [-0.2, -0.15) is 5.26 Å². The molecule has 0 aliphatic carbocycles. The number of anilines is 1. The number of nitriles is 1. The van der Waals surface area contributed by atoms with Crippen molar-refractivity contribution in [1.29, 1.82) is 5.26 Å². The number of hydrogen-bond donors (Lipinski definition) is 1. The average Bonchev–Trinajstić information content (AvgIpc) is 3.29. The number of fused-ring (bicyclic) bond motifs is 6. The van der Waals surface area contributed by atoms with E-state index in [4.69, 9.17) is 4.74 Å². The molecule has 8 nitrogen and oxygen atoms in total. The molecule has 3 saturated heterocycles. The van der Waals surface area contributed by atoms with Crippen LogP contribution in [0, 0.1) is 17.2 Å². The highest BCUT2D eigenvalue weighted by molar-refractivity contribution is 6.29. The zero-order chi connectivity index (χ0) is 21.3. The highest BCUT2D eigenvalue weighted by Gasteiger charge is 2.81. The Hall–Kier alpha value is -3.15. The van der Waals surface area contributed by atoms with E-state index in [1.54, 1.807) is 43.3 Å². The first-order valence-electron chi connectivity index (χ1n) is 9.87. The maximum Gasteiger partial charge on any atom is 0.263 e. The standard InChI is InChI=1S/C22H19N4O4/c1-20-8-9-21(30-20,10-11-27)22(25-24)17(20)18(28)26(19(22)29)16-7-6-13(12-23)14-4-2-3-5-15(14)16/h2-7,17,27H,8-11H2,1H3/q-1/t17?,20?,21?,22-/m1/s1. The molecule has 152 valence electrons. The second-order valence-electron chi connectivity index (χ2n) is 8.45. The third kappa shape index (κ3) is 1.92. The number of hydrogen-bond acceptors (Lipinski definition) is 6. The lowest BCUT2D eigenvalue weighted by Crippen LogP contribution is -2.58. The van der Waals surface area contributed by atoms with Crippen LogP contribution in [0.3, 0.4) is 0 Å². The van der Waals surface area contributed by atoms with E-state index >= 15 is 0 Å². The Morgan fingerprint density at radius 2 is 2.00 bits per heavy atom. The zero-order valence-corrected chi connectivity index (χ0v) is 16.3. The molecule has 4 atom stereocenters. The van der Waals surface area contributed by atoms with E-state index in [0.29, 0.717) is 34.9 Å². The van der Waals surface area contributed by atoms with Crippen molar-refractivity contribution in [2.24, 2.45) is 11.0 Å². The molecule has 1 N–H and O–H groups in total. The fourth-order valence-corrected chi connectivity index (χ4v) is 5.88. The Bertz CT molecular complexity index is 1170. The number of rotatable bonds is 4. The van der Waals surface area contributed by atoms with E-state index < -0.39 is 34.5 Å². The number of carbonyl (C=O) groups is 2. The fraction of sp³-hybridized carbons (Fsp3) is 0.409. The summed E-state index contributed by atoms with van der Waals surface area (Å²) in [5.74, 6) is -2.14. The number of aliphatic hydroxyl groups excluding tert-OH is 1. The quantitative estimate of drug-likeness (QED) is 0.620. The van der Waals surface area contributed by atoms with E-state index in [2.05, 4.69) is 11.2 Å². The van der Waals surface area contributed by atoms with Gasteiger partial charge in [0.1, 0.15) is 11.5 Å². The summed E-state index contributed by atoms with van der Waals surface area (Å²) in [5.41, 5.74) is 6.90. The summed E-state index contributed by atoms with van der Waals surface area (Å²) in [5, 5.41) is 23.8. The third-order valence-corrected chi connectivity index (χ3v) is 7.11. The van der Waals surface area contributed by atoms with Gasteiger partial charge in [0.15, 0.2) is 5.54 Å². The van der Waals surface area contributed by atoms with Crippen molar-refractivity contribution in [3.05, 3.63) is 47.5 Å². The van der Waals surface area contributed by atoms with Gasteiger partial charge in [-0.3, -0.25) is 9.59 Å². The molecular weight excluding hydrogens is 384 g/mol. The minimum Gasteiger partial charge on any atom is -0.711 e. The van der Waals surface area contributed by atoms with E-state index in [1.165, 1.54) is 0 Å². The number of ether oxygens (including phenoxy) is 1. The predicted molar refractivity (Wildman–Crippen MR) is 106 cm³/mol. The molecule has 0 aromatic heterocycles. The second-order valence-corrected chi connectivity index (χ2v) is 8.45. The molecule has 30 heavy (non-hydrogen) atoms. The fourth-order valence-electron chi connectivity index (χ4n) is 5.88. The summed E-state index contributed by atoms with van der Waals surface area (Å²) < 4.78 is 6.17. The largest absolute Gasteiger partial charge is 0.711 e. The minimum absolute atomic E-state index is 0.0874. The van der Waals surface area contributed by atoms with Gasteiger partial charge in [-0.25, -0.2) is 4.90 Å². The van der Waals surface area contributed by atoms with Crippen LogP contribution in [-0.2, 0) is 14.3 Å². The van der Waals surface area contributed by atoms with Gasteiger partial charge in [0.2, 0.25) is 5.91 Å². The van der Waals surface area contributed by atoms with Gasteiger partial charge in [0.25, 0.3) is 5.91 Å². The molecule has 3 aliphatic rings. The van der Waals surface area contributed by atoms with E-state index in [1.807, 2.05) is 0 Å². The monoisotopic (exact) mass is 403 g/mol. The molecule has 0 radical (unpaired) electrons. The van der Waals surface area contributed by atoms with Crippen LogP contribution in [0.2, 0.25) is 0 Å². The van der Waals surface area contributed by atoms with Crippen LogP contribution in [0.5, 0.6) is 0 Å². The summed E-state index contributed by atoms with van der Waals surface area (Å²) in [6, 6.07) is 12.3. The molecule has 8 heteroatoms. The first-order chi connectivity index (χ1) is 14.4. The van der Waals surface area contributed by atoms with Crippen molar-refractivity contribution in [3.8, 4) is 6.07 Å². The third-order valence-electron chi connectivity index (χ3n) is 7.11. The van der Waals surface area contributed by atoms with Gasteiger partial charge in [-0.05, 0) is 31.9 Å². The average molecular weight is 403 g/mol. The van der Waals surface area contributed by atoms with E-state index in [0.717, 1.165) is 4.90 Å². The summed E-state index contributed by atoms with van der Waals surface area (Å²) in [6.45, 7) is 1.50. The molecular formula is C22H19N4O4-. The first-order valence-corrected chi connectivity index (χ1v) is 9.87. The second kappa shape index (κ2) is 5.94. The van der Waals surface area contributed by atoms with Crippen molar-refractivity contribution >= 4 is 28.3 Å². The maximum absolute atomic E-state index is 13.8. The topological polar surface area (TPSA) is 125 Å². The molecule has 3 unspecified atom stereocenters. The van der Waals surface area contributed by atoms with E-state index in [-0.39, 0.29) is 13.0 Å². The van der Waals surface area contributed by atoms with Crippen LogP contribution in [0.25, 0.3) is 16.3 Å². The highest BCUT2D eigenvalue weighted by Crippen LogP contribution is 2.66. The van der Waals surface area contributed by atoms with Crippen LogP contribution in [0.1, 0.15) is 31.7 Å². The van der Waals surface area contributed by atoms with Crippen LogP contribution < -0.4 is 4.90 Å². The summed E-state index contributed by atoms with van der Waals surface area (Å²) in [7, 11) is 0. The Morgan fingerprint density at radius 3 is 2.67 bits per heavy atom. The lowest BCUT2D eigenvalue weighted by molar-refractivity contribution is -0.132. The van der Waals surface area contributed by atoms with Crippen molar-refractivity contribution in [2.45, 2.75) is 42.9 Å². The van der Waals surface area contributed by atoms with Crippen molar-refractivity contribution in [1.82, 2.24) is 0 Å². The number of nitrogens with zero attached hydrogens (tertiary/aromatic N) is 4. The molecule has 2 amide bonds. The number of benzene rings is 2. The first kappa shape index (κ1) is 18.9. The molecule has 3 heterocycles. The summed E-state index contributed by atoms with van der Waals surface area (Å²) >= 11 is 0. The Labute approximate surface area is 172 Å². The summed E-state index contributed by atoms with van der Waals surface area (Å²) in [4.78, 5) is 28.5. The van der Waals surface area contributed by atoms with Gasteiger partial charge in [0, 0.05) is 23.8 Å². The predicted octanol–water partition coefficient (Wildman–Crippen LogP) is 2.67. The van der Waals surface area contributed by atoms with Crippen LogP contribution in [0.4, 0.5) is 5.69 Å². The summed E-state index contributed by atoms with van der Waals surface area (Å²) in [6.07, 6.45) is 1.02. The molecule has 2 bridgehead atoms. The molecule has 5 rings (SSSR count). The number of carbonyl (C=O) groups excluding carboxylic acids is 2. The van der Waals surface area contributed by atoms with Crippen molar-refractivity contribution < 1.29 is 19.4 Å². The van der Waals surface area contributed by atoms with Gasteiger partial charge < -0.3 is 20.5 Å². The van der Waals surface area contributed by atoms with Crippen LogP contribution in [-0.4, -0.2) is 40.3 Å². The lowest BCUT2D eigenvalue weighted by atomic mass is 9.62. The smallest absolute Gasteiger partial charge is 0.263 e. The molecule has 3 aliphatic heterocycles. The zero-order valence-electron chi connectivity index (χ0n) is 16.3. The molecule has 0 spiro atoms. The SMILES string of the molecule is CC12CCC(CCO)(O1)[C@]1(N=[N-])C(=O)N(c3ccc(C#N)c4ccccc34)C(=O)C21. The van der Waals surface area contributed by atoms with Gasteiger partial charge in [-0.1, -0.05) is 24.3 Å². The Morgan fingerprint density at radius 1 is 1.27 bits per heavy atom. The number of imide groups is 1. The highest BCUT2D eigenvalue weighted by atomic mass is 16.5. The molecule has 3 fully saturated rings. The number of amides is 2. The van der Waals surface area contributed by atoms with Crippen molar-refractivity contribution in [2.75, 3.05) is 11.5 Å². The molecule has 2 aromatic rings. The molecule has 0 saturated carbocycles. The van der Waals surface area contributed by atoms with Gasteiger partial charge >= 0.3 is 0 Å². The number of aliphatic hydroxyl groups is 1. The van der Waals surface area contributed by atoms with Crippen molar-refractivity contribution in [3.63, 3.8) is 0 Å². The maximum atomic E-state index is 13.8. The minimum atomic E-state index is -1.80. The van der Waals surface area contributed by atoms with Gasteiger partial charge in [-0.15, -0.1) is 0 Å². The molecule has 2 aromatic carbocycles.